The van der Waals surface area contributed by atoms with Gasteiger partial charge in [-0.05, 0) is 30.4 Å². The Morgan fingerprint density at radius 2 is 1.28 bits per heavy atom. The van der Waals surface area contributed by atoms with Crippen molar-refractivity contribution < 1.29 is 9.80 Å². The van der Waals surface area contributed by atoms with Crippen molar-refractivity contribution >= 4 is 10.9 Å². The average Bonchev–Trinajstić information content (AvgIpc) is 3.27. The fraction of sp³-hybridized carbons (Fsp3) is 0.310. The van der Waals surface area contributed by atoms with Gasteiger partial charge >= 0.3 is 0 Å². The van der Waals surface area contributed by atoms with Crippen molar-refractivity contribution in [2.75, 3.05) is 32.7 Å². The second kappa shape index (κ2) is 10.2. The molecule has 3 aromatic carbocycles. The number of rotatable bonds is 8. The van der Waals surface area contributed by atoms with Crippen molar-refractivity contribution in [3.63, 3.8) is 0 Å². The molecular weight excluding hydrogens is 390 g/mol. The van der Waals surface area contributed by atoms with E-state index in [2.05, 4.69) is 102 Å². The molecule has 0 unspecified atom stereocenters. The number of nitrogens with one attached hydrogen (secondary N) is 2. The topological polar surface area (TPSA) is 13.8 Å². The molecule has 164 valence electrons. The highest BCUT2D eigenvalue weighted by Crippen LogP contribution is 2.19. The first-order valence-electron chi connectivity index (χ1n) is 12.2. The van der Waals surface area contributed by atoms with Gasteiger partial charge in [-0.3, -0.25) is 0 Å². The van der Waals surface area contributed by atoms with Crippen LogP contribution in [0.15, 0.2) is 97.2 Å². The van der Waals surface area contributed by atoms with Crippen LogP contribution < -0.4 is 9.80 Å². The lowest BCUT2D eigenvalue weighted by Gasteiger charge is -2.35. The van der Waals surface area contributed by atoms with E-state index >= 15 is 0 Å². The molecule has 0 spiro atoms. The molecule has 0 amide bonds. The van der Waals surface area contributed by atoms with E-state index < -0.39 is 0 Å². The van der Waals surface area contributed by atoms with Gasteiger partial charge in [0.15, 0.2) is 0 Å². The standard InChI is InChI=1S/C29H33N3/c1-3-12-26(13-4-1)29(27-14-5-2-6-15-27)32-23-21-30(22-24-32)18-9-10-19-31-20-17-25-11-7-8-16-28(25)31/h1-8,11-17,20,29H,9-10,18-19,21-24H2/p+2. The van der Waals surface area contributed by atoms with Crippen LogP contribution in [0.3, 0.4) is 0 Å². The van der Waals surface area contributed by atoms with E-state index in [1.807, 2.05) is 0 Å². The van der Waals surface area contributed by atoms with E-state index in [0.717, 1.165) is 6.54 Å². The minimum Gasteiger partial charge on any atom is -0.347 e. The third-order valence-corrected chi connectivity index (χ3v) is 7.13. The highest BCUT2D eigenvalue weighted by atomic mass is 15.3. The molecule has 0 bridgehead atoms. The van der Waals surface area contributed by atoms with E-state index in [1.165, 1.54) is 67.6 Å². The van der Waals surface area contributed by atoms with Crippen LogP contribution in [0.1, 0.15) is 30.0 Å². The summed E-state index contributed by atoms with van der Waals surface area (Å²) in [6.45, 7) is 7.46. The third-order valence-electron chi connectivity index (χ3n) is 7.13. The lowest BCUT2D eigenvalue weighted by atomic mass is 9.96. The van der Waals surface area contributed by atoms with Crippen molar-refractivity contribution in [2.24, 2.45) is 0 Å². The van der Waals surface area contributed by atoms with Crippen LogP contribution in [0.25, 0.3) is 10.9 Å². The number of nitrogens with zero attached hydrogens (tertiary/aromatic N) is 1. The van der Waals surface area contributed by atoms with E-state index in [4.69, 9.17) is 0 Å². The minimum absolute atomic E-state index is 0.445. The van der Waals surface area contributed by atoms with Crippen molar-refractivity contribution in [3.05, 3.63) is 108 Å². The fourth-order valence-electron chi connectivity index (χ4n) is 5.41. The molecule has 1 aliphatic heterocycles. The second-order valence-corrected chi connectivity index (χ2v) is 9.19. The second-order valence-electron chi connectivity index (χ2n) is 9.19. The number of benzene rings is 3. The molecule has 3 nitrogen and oxygen atoms in total. The molecule has 0 saturated carbocycles. The van der Waals surface area contributed by atoms with Crippen LogP contribution >= 0.6 is 0 Å². The number of fused-ring (bicyclic) bond motifs is 1. The number of aromatic nitrogens is 1. The summed E-state index contributed by atoms with van der Waals surface area (Å²) >= 11 is 0. The summed E-state index contributed by atoms with van der Waals surface area (Å²) in [5.41, 5.74) is 4.25. The van der Waals surface area contributed by atoms with E-state index in [1.54, 1.807) is 9.80 Å². The van der Waals surface area contributed by atoms with Gasteiger partial charge in [0.25, 0.3) is 0 Å². The van der Waals surface area contributed by atoms with Crippen LogP contribution in [0.4, 0.5) is 0 Å². The maximum absolute atomic E-state index is 2.41. The minimum atomic E-state index is 0.445. The number of unbranched alkanes of at least 4 members (excludes halogenated alkanes) is 1. The highest BCUT2D eigenvalue weighted by molar-refractivity contribution is 5.79. The Morgan fingerprint density at radius 1 is 0.656 bits per heavy atom. The molecule has 4 aromatic rings. The molecule has 0 atom stereocenters. The molecule has 3 heteroatoms. The van der Waals surface area contributed by atoms with Gasteiger partial charge in [0.2, 0.25) is 0 Å². The van der Waals surface area contributed by atoms with Gasteiger partial charge in [-0.15, -0.1) is 0 Å². The molecule has 5 rings (SSSR count). The average molecular weight is 426 g/mol. The van der Waals surface area contributed by atoms with Crippen LogP contribution in [0.5, 0.6) is 0 Å². The summed E-state index contributed by atoms with van der Waals surface area (Å²) in [5.74, 6) is 0. The maximum atomic E-state index is 2.41. The Hall–Kier alpha value is -2.88. The Morgan fingerprint density at radius 3 is 1.97 bits per heavy atom. The predicted octanol–water partition coefficient (Wildman–Crippen LogP) is 2.99. The molecule has 0 aliphatic carbocycles. The number of piperazine rings is 1. The molecule has 1 aliphatic rings. The summed E-state index contributed by atoms with van der Waals surface area (Å²) in [7, 11) is 0. The molecule has 2 N–H and O–H groups in total. The van der Waals surface area contributed by atoms with Crippen LogP contribution in [-0.2, 0) is 6.54 Å². The normalized spacial score (nSPS) is 18.9. The first-order valence-corrected chi connectivity index (χ1v) is 12.2. The summed E-state index contributed by atoms with van der Waals surface area (Å²) in [6.07, 6.45) is 4.81. The molecule has 32 heavy (non-hydrogen) atoms. The monoisotopic (exact) mass is 425 g/mol. The van der Waals surface area contributed by atoms with Crippen molar-refractivity contribution in [3.8, 4) is 0 Å². The predicted molar refractivity (Wildman–Crippen MR) is 132 cm³/mol. The number of quaternary nitrogens is 2. The molecule has 2 heterocycles. The van der Waals surface area contributed by atoms with Crippen LogP contribution in [0, 0.1) is 0 Å². The van der Waals surface area contributed by atoms with E-state index in [9.17, 15) is 0 Å². The summed E-state index contributed by atoms with van der Waals surface area (Å²) in [6, 6.07) is 33.6. The fourth-order valence-corrected chi connectivity index (χ4v) is 5.41. The number of para-hydroxylation sites is 1. The van der Waals surface area contributed by atoms with Crippen molar-refractivity contribution in [2.45, 2.75) is 25.4 Å². The van der Waals surface area contributed by atoms with E-state index in [-0.39, 0.29) is 0 Å². The largest absolute Gasteiger partial charge is 0.347 e. The summed E-state index contributed by atoms with van der Waals surface area (Å²) < 4.78 is 2.41. The Balaban J connectivity index is 1.14. The Kier molecular flexibility index (Phi) is 6.66. The van der Waals surface area contributed by atoms with Crippen molar-refractivity contribution in [1.29, 1.82) is 0 Å². The van der Waals surface area contributed by atoms with Gasteiger partial charge in [-0.25, -0.2) is 0 Å². The van der Waals surface area contributed by atoms with Gasteiger partial charge < -0.3 is 14.4 Å². The van der Waals surface area contributed by atoms with Gasteiger partial charge in [0, 0.05) is 29.4 Å². The zero-order valence-electron chi connectivity index (χ0n) is 18.9. The van der Waals surface area contributed by atoms with Gasteiger partial charge in [-0.1, -0.05) is 78.9 Å². The smallest absolute Gasteiger partial charge is 0.139 e. The Bertz CT molecular complexity index is 1060. The molecule has 1 saturated heterocycles. The maximum Gasteiger partial charge on any atom is 0.139 e. The summed E-state index contributed by atoms with van der Waals surface area (Å²) in [4.78, 5) is 3.50. The molecule has 0 radical (unpaired) electrons. The lowest BCUT2D eigenvalue weighted by molar-refractivity contribution is -1.02. The Labute approximate surface area is 191 Å². The van der Waals surface area contributed by atoms with Gasteiger partial charge in [0.05, 0.1) is 6.54 Å². The summed E-state index contributed by atoms with van der Waals surface area (Å²) in [5, 5.41) is 1.35. The zero-order chi connectivity index (χ0) is 21.6. The lowest BCUT2D eigenvalue weighted by Crippen LogP contribution is -3.28. The third kappa shape index (κ3) is 4.79. The SMILES string of the molecule is c1ccc(C(c2ccccc2)[NH+]2CC[NH+](CCCCn3ccc4ccccc43)CC2)cc1. The first kappa shape index (κ1) is 21.0. The zero-order valence-corrected chi connectivity index (χ0v) is 18.9. The van der Waals surface area contributed by atoms with Gasteiger partial charge in [0.1, 0.15) is 32.2 Å². The quantitative estimate of drug-likeness (QED) is 0.403. The molecule has 1 aromatic heterocycles. The molecule has 1 fully saturated rings. The highest BCUT2D eigenvalue weighted by Gasteiger charge is 2.31. The van der Waals surface area contributed by atoms with Gasteiger partial charge in [-0.2, -0.15) is 0 Å². The molecular formula is C29H35N3+2. The van der Waals surface area contributed by atoms with Crippen molar-refractivity contribution in [1.82, 2.24) is 4.57 Å². The number of aryl methyl sites for hydroxylation is 1. The van der Waals surface area contributed by atoms with Crippen LogP contribution in [-0.4, -0.2) is 37.3 Å². The van der Waals surface area contributed by atoms with Crippen LogP contribution in [0.2, 0.25) is 0 Å². The number of hydrogen-bond acceptors (Lipinski definition) is 0. The van der Waals surface area contributed by atoms with E-state index in [0.29, 0.717) is 6.04 Å². The first-order chi connectivity index (χ1) is 15.9. The number of hydrogen-bond donors (Lipinski definition) is 2.